The average molecular weight is 339 g/mol. The van der Waals surface area contributed by atoms with Crippen LogP contribution >= 0.6 is 0 Å². The molecule has 1 aromatic heterocycles. The van der Waals surface area contributed by atoms with E-state index in [1.165, 1.54) is 4.57 Å². The van der Waals surface area contributed by atoms with Crippen LogP contribution in [-0.2, 0) is 22.6 Å². The van der Waals surface area contributed by atoms with Crippen molar-refractivity contribution in [3.8, 4) is 0 Å². The molecule has 0 saturated carbocycles. The van der Waals surface area contributed by atoms with E-state index in [9.17, 15) is 14.4 Å². The summed E-state index contributed by atoms with van der Waals surface area (Å²) in [5.74, 6) is -1.11. The third kappa shape index (κ3) is 3.95. The highest BCUT2D eigenvalue weighted by Gasteiger charge is 2.10. The van der Waals surface area contributed by atoms with E-state index in [0.29, 0.717) is 16.8 Å². The molecule has 128 valence electrons. The molecule has 0 aliphatic rings. The molecular weight excluding hydrogens is 322 g/mol. The topological polar surface area (TPSA) is 107 Å². The van der Waals surface area contributed by atoms with Gasteiger partial charge in [-0.1, -0.05) is 24.3 Å². The van der Waals surface area contributed by atoms with Gasteiger partial charge in [0.05, 0.1) is 11.9 Å². The second-order valence-electron chi connectivity index (χ2n) is 5.63. The lowest BCUT2D eigenvalue weighted by Gasteiger charge is -2.06. The first kappa shape index (κ1) is 16.5. The molecule has 0 aliphatic carbocycles. The molecule has 0 atom stereocenters. The molecule has 0 saturated heterocycles. The number of hydrogen-bond acceptors (Lipinski definition) is 4. The number of nitrogens with zero attached hydrogens (tertiary/aromatic N) is 1. The van der Waals surface area contributed by atoms with Crippen LogP contribution in [0.25, 0.3) is 11.1 Å². The molecule has 0 bridgehead atoms. The van der Waals surface area contributed by atoms with Crippen LogP contribution < -0.4 is 16.8 Å². The standard InChI is InChI=1S/C18H17N3O4/c19-16(22)11-12-5-7-13(8-6-12)20-17(23)9-10-21-14-3-1-2-4-15(14)25-18(21)24/h1-8H,9-11H2,(H2,19,22)(H,20,23). The quantitative estimate of drug-likeness (QED) is 0.712. The van der Waals surface area contributed by atoms with Crippen molar-refractivity contribution in [2.24, 2.45) is 5.73 Å². The summed E-state index contributed by atoms with van der Waals surface area (Å²) < 4.78 is 6.57. The highest BCUT2D eigenvalue weighted by atomic mass is 16.4. The Morgan fingerprint density at radius 1 is 1.08 bits per heavy atom. The van der Waals surface area contributed by atoms with Gasteiger partial charge in [-0.05, 0) is 29.8 Å². The van der Waals surface area contributed by atoms with Crippen molar-refractivity contribution in [1.29, 1.82) is 0 Å². The average Bonchev–Trinajstić information content (AvgIpc) is 2.89. The number of rotatable bonds is 6. The summed E-state index contributed by atoms with van der Waals surface area (Å²) in [7, 11) is 0. The Morgan fingerprint density at radius 3 is 2.52 bits per heavy atom. The molecule has 2 aromatic carbocycles. The van der Waals surface area contributed by atoms with E-state index in [0.717, 1.165) is 5.56 Å². The van der Waals surface area contributed by atoms with Crippen LogP contribution in [0.3, 0.4) is 0 Å². The number of aryl methyl sites for hydroxylation is 1. The second kappa shape index (κ2) is 7.04. The molecular formula is C18H17N3O4. The number of hydrogen-bond donors (Lipinski definition) is 2. The fourth-order valence-corrected chi connectivity index (χ4v) is 2.57. The van der Waals surface area contributed by atoms with Crippen molar-refractivity contribution in [2.45, 2.75) is 19.4 Å². The third-order valence-corrected chi connectivity index (χ3v) is 3.75. The predicted molar refractivity (Wildman–Crippen MR) is 93.1 cm³/mol. The van der Waals surface area contributed by atoms with E-state index < -0.39 is 11.7 Å². The Hall–Kier alpha value is -3.35. The smallest absolute Gasteiger partial charge is 0.408 e. The van der Waals surface area contributed by atoms with Crippen LogP contribution in [0.4, 0.5) is 5.69 Å². The Bertz CT molecular complexity index is 970. The number of nitrogens with two attached hydrogens (primary N) is 1. The monoisotopic (exact) mass is 339 g/mol. The molecule has 0 fully saturated rings. The number of fused-ring (bicyclic) bond motifs is 1. The zero-order valence-electron chi connectivity index (χ0n) is 13.4. The van der Waals surface area contributed by atoms with Gasteiger partial charge in [0.15, 0.2) is 5.58 Å². The summed E-state index contributed by atoms with van der Waals surface area (Å²) in [5, 5.41) is 2.75. The molecule has 7 nitrogen and oxygen atoms in total. The van der Waals surface area contributed by atoms with Crippen LogP contribution in [0, 0.1) is 0 Å². The lowest BCUT2D eigenvalue weighted by molar-refractivity contribution is -0.117. The Kier molecular flexibility index (Phi) is 4.65. The third-order valence-electron chi connectivity index (χ3n) is 3.75. The summed E-state index contributed by atoms with van der Waals surface area (Å²) in [5.41, 5.74) is 7.69. The molecule has 3 N–H and O–H groups in total. The first-order valence-corrected chi connectivity index (χ1v) is 7.78. The lowest BCUT2D eigenvalue weighted by Crippen LogP contribution is -2.19. The van der Waals surface area contributed by atoms with Crippen molar-refractivity contribution in [1.82, 2.24) is 4.57 Å². The van der Waals surface area contributed by atoms with Crippen LogP contribution in [0.2, 0.25) is 0 Å². The van der Waals surface area contributed by atoms with Crippen LogP contribution in [0.5, 0.6) is 0 Å². The van der Waals surface area contributed by atoms with E-state index in [4.69, 9.17) is 10.2 Å². The summed E-state index contributed by atoms with van der Waals surface area (Å²) in [6.45, 7) is 0.224. The first-order valence-electron chi connectivity index (χ1n) is 7.78. The number of nitrogens with one attached hydrogen (secondary N) is 1. The minimum Gasteiger partial charge on any atom is -0.408 e. The number of carbonyl (C=O) groups excluding carboxylic acids is 2. The van der Waals surface area contributed by atoms with E-state index in [1.54, 1.807) is 42.5 Å². The van der Waals surface area contributed by atoms with E-state index >= 15 is 0 Å². The molecule has 0 aliphatic heterocycles. The van der Waals surface area contributed by atoms with E-state index in [2.05, 4.69) is 5.32 Å². The summed E-state index contributed by atoms with van der Waals surface area (Å²) in [6.07, 6.45) is 0.289. The van der Waals surface area contributed by atoms with Crippen molar-refractivity contribution in [2.75, 3.05) is 5.32 Å². The number of benzene rings is 2. The zero-order chi connectivity index (χ0) is 17.8. The fourth-order valence-electron chi connectivity index (χ4n) is 2.57. The number of oxazole rings is 1. The van der Waals surface area contributed by atoms with Gasteiger partial charge in [0, 0.05) is 18.7 Å². The van der Waals surface area contributed by atoms with Gasteiger partial charge in [0.2, 0.25) is 11.8 Å². The zero-order valence-corrected chi connectivity index (χ0v) is 13.4. The molecule has 0 spiro atoms. The predicted octanol–water partition coefficient (Wildman–Crippen LogP) is 1.65. The largest absolute Gasteiger partial charge is 0.419 e. The van der Waals surface area contributed by atoms with E-state index in [-0.39, 0.29) is 25.3 Å². The molecule has 3 aromatic rings. The molecule has 0 radical (unpaired) electrons. The maximum atomic E-state index is 12.1. The van der Waals surface area contributed by atoms with Gasteiger partial charge in [0.25, 0.3) is 0 Å². The van der Waals surface area contributed by atoms with Crippen LogP contribution in [-0.4, -0.2) is 16.4 Å². The lowest BCUT2D eigenvalue weighted by atomic mass is 10.1. The first-order chi connectivity index (χ1) is 12.0. The molecule has 3 rings (SSSR count). The van der Waals surface area contributed by atoms with E-state index in [1.807, 2.05) is 6.07 Å². The van der Waals surface area contributed by atoms with Gasteiger partial charge in [-0.15, -0.1) is 0 Å². The van der Waals surface area contributed by atoms with Crippen LogP contribution in [0.1, 0.15) is 12.0 Å². The number of para-hydroxylation sites is 2. The minimum absolute atomic E-state index is 0.131. The number of primary amides is 1. The van der Waals surface area contributed by atoms with Crippen molar-refractivity contribution in [3.05, 3.63) is 64.6 Å². The Morgan fingerprint density at radius 2 is 1.80 bits per heavy atom. The van der Waals surface area contributed by atoms with Crippen molar-refractivity contribution >= 4 is 28.6 Å². The van der Waals surface area contributed by atoms with Gasteiger partial charge in [0.1, 0.15) is 0 Å². The highest BCUT2D eigenvalue weighted by molar-refractivity contribution is 5.90. The maximum Gasteiger partial charge on any atom is 0.419 e. The van der Waals surface area contributed by atoms with Gasteiger partial charge >= 0.3 is 5.76 Å². The maximum absolute atomic E-state index is 12.1. The van der Waals surface area contributed by atoms with Gasteiger partial charge in [-0.25, -0.2) is 4.79 Å². The molecule has 1 heterocycles. The number of anilines is 1. The minimum atomic E-state index is -0.482. The van der Waals surface area contributed by atoms with Crippen LogP contribution in [0.15, 0.2) is 57.7 Å². The van der Waals surface area contributed by atoms with Crippen molar-refractivity contribution < 1.29 is 14.0 Å². The normalized spacial score (nSPS) is 10.7. The highest BCUT2D eigenvalue weighted by Crippen LogP contribution is 2.13. The van der Waals surface area contributed by atoms with Gasteiger partial charge in [-0.2, -0.15) is 0 Å². The van der Waals surface area contributed by atoms with Gasteiger partial charge < -0.3 is 15.5 Å². The number of amides is 2. The fraction of sp³-hybridized carbons (Fsp3) is 0.167. The molecule has 2 amide bonds. The number of carbonyl (C=O) groups is 2. The summed E-state index contributed by atoms with van der Waals surface area (Å²) in [4.78, 5) is 34.8. The van der Waals surface area contributed by atoms with Gasteiger partial charge in [-0.3, -0.25) is 14.2 Å². The molecule has 0 unspecified atom stereocenters. The molecule has 25 heavy (non-hydrogen) atoms. The molecule has 7 heteroatoms. The number of aromatic nitrogens is 1. The summed E-state index contributed by atoms with van der Waals surface area (Å²) in [6, 6.07) is 13.9. The Labute approximate surface area is 143 Å². The summed E-state index contributed by atoms with van der Waals surface area (Å²) >= 11 is 0. The Balaban J connectivity index is 1.62. The SMILES string of the molecule is NC(=O)Cc1ccc(NC(=O)CCn2c(=O)oc3ccccc32)cc1. The second-order valence-corrected chi connectivity index (χ2v) is 5.63. The van der Waals surface area contributed by atoms with Crippen molar-refractivity contribution in [3.63, 3.8) is 0 Å².